The van der Waals surface area contributed by atoms with E-state index in [2.05, 4.69) is 22.5 Å². The van der Waals surface area contributed by atoms with Crippen LogP contribution in [0.15, 0.2) is 54.6 Å². The van der Waals surface area contributed by atoms with E-state index in [0.29, 0.717) is 78.1 Å². The lowest BCUT2D eigenvalue weighted by Gasteiger charge is -2.46. The summed E-state index contributed by atoms with van der Waals surface area (Å²) in [5.74, 6) is 0.316. The molecule has 3 aromatic carbocycles. The summed E-state index contributed by atoms with van der Waals surface area (Å²) in [6.45, 7) is 3.74. The summed E-state index contributed by atoms with van der Waals surface area (Å²) in [5, 5.41) is 6.59. The van der Waals surface area contributed by atoms with Gasteiger partial charge in [0.15, 0.2) is 11.5 Å². The van der Waals surface area contributed by atoms with Crippen molar-refractivity contribution in [2.24, 2.45) is 0 Å². The van der Waals surface area contributed by atoms with E-state index in [1.807, 2.05) is 24.3 Å². The molecule has 8 nitrogen and oxygen atoms in total. The minimum Gasteiger partial charge on any atom is -0.493 e. The van der Waals surface area contributed by atoms with Crippen molar-refractivity contribution in [2.45, 2.75) is 50.2 Å². The largest absolute Gasteiger partial charge is 0.493 e. The van der Waals surface area contributed by atoms with E-state index >= 15 is 0 Å². The Morgan fingerprint density at radius 3 is 2.50 bits per heavy atom. The van der Waals surface area contributed by atoms with Crippen LogP contribution in [0.2, 0.25) is 10.0 Å². The van der Waals surface area contributed by atoms with E-state index in [4.69, 9.17) is 37.4 Å². The van der Waals surface area contributed by atoms with Gasteiger partial charge in [0.2, 0.25) is 5.91 Å². The van der Waals surface area contributed by atoms with E-state index in [-0.39, 0.29) is 17.8 Å². The lowest BCUT2D eigenvalue weighted by Crippen LogP contribution is -2.50. The number of carbonyl (C=O) groups excluding carboxylic acids is 2. The summed E-state index contributed by atoms with van der Waals surface area (Å²) in [6.07, 6.45) is 1.63. The quantitative estimate of drug-likeness (QED) is 0.249. The van der Waals surface area contributed by atoms with Gasteiger partial charge in [0.05, 0.1) is 35.9 Å². The molecule has 0 aliphatic carbocycles. The van der Waals surface area contributed by atoms with Crippen LogP contribution in [0.3, 0.4) is 0 Å². The number of benzene rings is 3. The molecule has 0 bridgehead atoms. The number of ether oxygens (including phenoxy) is 3. The van der Waals surface area contributed by atoms with Gasteiger partial charge in [-0.15, -0.1) is 0 Å². The van der Waals surface area contributed by atoms with Gasteiger partial charge in [0.25, 0.3) is 0 Å². The molecular weight excluding hydrogens is 608 g/mol. The van der Waals surface area contributed by atoms with E-state index in [9.17, 15) is 14.0 Å². The molecule has 1 saturated heterocycles. The van der Waals surface area contributed by atoms with Gasteiger partial charge in [0.1, 0.15) is 11.4 Å². The average Bonchev–Trinajstić information content (AvgIpc) is 3.01. The molecule has 2 N–H and O–H groups in total. The number of nitrogens with one attached hydrogen (secondary N) is 2. The molecule has 0 saturated carbocycles. The first-order valence-corrected chi connectivity index (χ1v) is 15.4. The molecule has 44 heavy (non-hydrogen) atoms. The molecule has 2 atom stereocenters. The van der Waals surface area contributed by atoms with Crippen molar-refractivity contribution >= 4 is 40.9 Å². The van der Waals surface area contributed by atoms with Crippen LogP contribution in [0, 0.1) is 5.82 Å². The standard InChI is InChI=1S/C33H36Cl2FN3O5/c1-20(39-14-11-33(12-15-39)25-19-23(36)6-8-28(25)38-32(41)44-33)16-24(22-5-7-26(34)27(35)18-22)31(40)37-13-10-21-4-9-29(42-2)30(17-21)43-3/h4-9,17-20,24H,10-16H2,1-3H3,(H,37,40)(H,38,41). The minimum absolute atomic E-state index is 0.00722. The second-order valence-corrected chi connectivity index (χ2v) is 12.1. The highest BCUT2D eigenvalue weighted by Crippen LogP contribution is 2.44. The number of methoxy groups -OCH3 is 2. The zero-order valence-electron chi connectivity index (χ0n) is 24.9. The van der Waals surface area contributed by atoms with Crippen molar-refractivity contribution in [2.75, 3.05) is 39.2 Å². The predicted octanol–water partition coefficient (Wildman–Crippen LogP) is 6.92. The lowest BCUT2D eigenvalue weighted by atomic mass is 9.81. The summed E-state index contributed by atoms with van der Waals surface area (Å²) >= 11 is 12.6. The number of rotatable bonds is 10. The Morgan fingerprint density at radius 1 is 1.05 bits per heavy atom. The Labute approximate surface area is 266 Å². The first-order valence-electron chi connectivity index (χ1n) is 14.6. The molecule has 0 aromatic heterocycles. The third-order valence-electron chi connectivity index (χ3n) is 8.63. The van der Waals surface area contributed by atoms with Gasteiger partial charge < -0.3 is 24.4 Å². The summed E-state index contributed by atoms with van der Waals surface area (Å²) < 4.78 is 30.7. The van der Waals surface area contributed by atoms with Crippen molar-refractivity contribution in [3.05, 3.63) is 87.2 Å². The molecule has 2 aliphatic heterocycles. The topological polar surface area (TPSA) is 89.1 Å². The Balaban J connectivity index is 1.27. The number of halogens is 3. The fraction of sp³-hybridized carbons (Fsp3) is 0.394. The molecule has 2 amide bonds. The van der Waals surface area contributed by atoms with E-state index in [1.54, 1.807) is 32.4 Å². The van der Waals surface area contributed by atoms with Crippen LogP contribution in [0.25, 0.3) is 0 Å². The van der Waals surface area contributed by atoms with Gasteiger partial charge in [-0.05, 0) is 73.4 Å². The van der Waals surface area contributed by atoms with Crippen LogP contribution in [0.5, 0.6) is 11.5 Å². The summed E-state index contributed by atoms with van der Waals surface area (Å²) in [7, 11) is 3.18. The number of piperidine rings is 1. The highest BCUT2D eigenvalue weighted by Gasteiger charge is 2.45. The maximum Gasteiger partial charge on any atom is 0.412 e. The molecule has 2 unspecified atom stereocenters. The van der Waals surface area contributed by atoms with Gasteiger partial charge >= 0.3 is 6.09 Å². The number of likely N-dealkylation sites (tertiary alicyclic amines) is 1. The Bertz CT molecular complexity index is 1530. The average molecular weight is 645 g/mol. The molecule has 1 fully saturated rings. The molecule has 2 heterocycles. The Kier molecular flexibility index (Phi) is 9.87. The molecule has 0 radical (unpaired) electrons. The SMILES string of the molecule is COc1ccc(CCNC(=O)C(CC(C)N2CCC3(CC2)OC(=O)Nc2ccc(F)cc23)c2ccc(Cl)c(Cl)c2)cc1OC. The normalized spacial score (nSPS) is 17.2. The third kappa shape index (κ3) is 6.90. The van der Waals surface area contributed by atoms with Crippen LogP contribution in [-0.2, 0) is 21.6 Å². The van der Waals surface area contributed by atoms with Gasteiger partial charge in [-0.25, -0.2) is 9.18 Å². The first kappa shape index (κ1) is 31.9. The van der Waals surface area contributed by atoms with Crippen molar-refractivity contribution in [1.82, 2.24) is 10.2 Å². The van der Waals surface area contributed by atoms with E-state index in [1.165, 1.54) is 12.1 Å². The summed E-state index contributed by atoms with van der Waals surface area (Å²) in [4.78, 5) is 28.3. The van der Waals surface area contributed by atoms with E-state index in [0.717, 1.165) is 11.1 Å². The van der Waals surface area contributed by atoms with Crippen LogP contribution < -0.4 is 20.1 Å². The second kappa shape index (κ2) is 13.6. The number of carbonyl (C=O) groups is 2. The number of fused-ring (bicyclic) bond motifs is 2. The van der Waals surface area contributed by atoms with Crippen LogP contribution in [0.4, 0.5) is 14.9 Å². The van der Waals surface area contributed by atoms with Gasteiger partial charge in [-0.3, -0.25) is 10.1 Å². The number of hydrogen-bond acceptors (Lipinski definition) is 6. The summed E-state index contributed by atoms with van der Waals surface area (Å²) in [5.41, 5.74) is 2.13. The number of nitrogens with zero attached hydrogens (tertiary/aromatic N) is 1. The fourth-order valence-corrected chi connectivity index (χ4v) is 6.48. The lowest BCUT2D eigenvalue weighted by molar-refractivity contribution is -0.123. The highest BCUT2D eigenvalue weighted by atomic mass is 35.5. The number of amides is 2. The smallest absolute Gasteiger partial charge is 0.412 e. The molecule has 2 aliphatic rings. The highest BCUT2D eigenvalue weighted by molar-refractivity contribution is 6.42. The first-order chi connectivity index (χ1) is 21.1. The maximum atomic E-state index is 14.2. The maximum absolute atomic E-state index is 14.2. The number of anilines is 1. The molecule has 3 aromatic rings. The van der Waals surface area contributed by atoms with Crippen molar-refractivity contribution in [1.29, 1.82) is 0 Å². The van der Waals surface area contributed by atoms with E-state index < -0.39 is 17.6 Å². The molecule has 11 heteroatoms. The third-order valence-corrected chi connectivity index (χ3v) is 9.37. The van der Waals surface area contributed by atoms with Gasteiger partial charge in [-0.1, -0.05) is 35.3 Å². The second-order valence-electron chi connectivity index (χ2n) is 11.3. The predicted molar refractivity (Wildman–Crippen MR) is 169 cm³/mol. The molecule has 234 valence electrons. The van der Waals surface area contributed by atoms with Crippen molar-refractivity contribution in [3.63, 3.8) is 0 Å². The molecule has 5 rings (SSSR count). The van der Waals surface area contributed by atoms with Crippen LogP contribution >= 0.6 is 23.2 Å². The minimum atomic E-state index is -0.888. The molecule has 1 spiro atoms. The van der Waals surface area contributed by atoms with Crippen LogP contribution in [-0.4, -0.2) is 56.8 Å². The zero-order chi connectivity index (χ0) is 31.4. The van der Waals surface area contributed by atoms with Crippen LogP contribution in [0.1, 0.15) is 48.8 Å². The van der Waals surface area contributed by atoms with Crippen molar-refractivity contribution < 1.29 is 28.2 Å². The monoisotopic (exact) mass is 643 g/mol. The van der Waals surface area contributed by atoms with Crippen molar-refractivity contribution in [3.8, 4) is 11.5 Å². The fourth-order valence-electron chi connectivity index (χ4n) is 6.17. The number of hydrogen-bond donors (Lipinski definition) is 2. The molecular formula is C33H36Cl2FN3O5. The Hall–Kier alpha value is -3.53. The van der Waals surface area contributed by atoms with Gasteiger partial charge in [-0.2, -0.15) is 0 Å². The summed E-state index contributed by atoms with van der Waals surface area (Å²) in [6, 6.07) is 15.4. The van der Waals surface area contributed by atoms with Gasteiger partial charge in [0, 0.05) is 44.1 Å². The zero-order valence-corrected chi connectivity index (χ0v) is 26.4. The Morgan fingerprint density at radius 2 is 1.80 bits per heavy atom.